The first-order valence-electron chi connectivity index (χ1n) is 11.8. The predicted octanol–water partition coefficient (Wildman–Crippen LogP) is 1.49. The molecule has 2 aliphatic carbocycles. The minimum Gasteiger partial charge on any atom is -1.00 e. The summed E-state index contributed by atoms with van der Waals surface area (Å²) in [5, 5.41) is 0. The Kier molecular flexibility index (Phi) is 11.4. The summed E-state index contributed by atoms with van der Waals surface area (Å²) >= 11 is -0.786. The van der Waals surface area contributed by atoms with Gasteiger partial charge >= 0.3 is 176 Å². The predicted molar refractivity (Wildman–Crippen MR) is 135 cm³/mol. The molecule has 4 heteroatoms. The summed E-state index contributed by atoms with van der Waals surface area (Å²) in [4.78, 5) is 0. The average molecular weight is 573 g/mol. The summed E-state index contributed by atoms with van der Waals surface area (Å²) in [6, 6.07) is 25.0. The fraction of sp³-hybridized carbons (Fsp3) is 0.310. The van der Waals surface area contributed by atoms with E-state index in [1.54, 1.807) is 36.2 Å². The number of hydrogen-bond acceptors (Lipinski definition) is 0. The third-order valence-corrected chi connectivity index (χ3v) is 14.2. The van der Waals surface area contributed by atoms with E-state index in [0.29, 0.717) is 21.4 Å². The monoisotopic (exact) mass is 570 g/mol. The molecule has 0 spiro atoms. The maximum Gasteiger partial charge on any atom is -1.00 e. The van der Waals surface area contributed by atoms with Gasteiger partial charge in [-0.15, -0.1) is 0 Å². The van der Waals surface area contributed by atoms with Gasteiger partial charge in [0, 0.05) is 9.52 Å². The molecule has 0 nitrogen and oxygen atoms in total. The molecule has 3 aliphatic rings. The SMILES string of the molecule is C1C[SiH2]C1.CC1=[C]([Zr+2][C]2=C(C)C(c3ccccc3)=CC2C)C(C)C=C1c1ccccc1.[Cl-].[Cl-]. The van der Waals surface area contributed by atoms with Crippen LogP contribution in [0.15, 0.2) is 90.5 Å². The number of rotatable bonds is 4. The van der Waals surface area contributed by atoms with Crippen LogP contribution in [0, 0.1) is 11.8 Å². The van der Waals surface area contributed by atoms with Crippen molar-refractivity contribution >= 4 is 20.7 Å². The van der Waals surface area contributed by atoms with Crippen molar-refractivity contribution in [2.45, 2.75) is 46.2 Å². The maximum atomic E-state index is 2.49. The maximum absolute atomic E-state index is 2.49. The smallest absolute Gasteiger partial charge is 1.00 e. The average Bonchev–Trinajstić information content (AvgIpc) is 3.19. The third-order valence-electron chi connectivity index (χ3n) is 6.80. The van der Waals surface area contributed by atoms with Crippen LogP contribution in [0.4, 0.5) is 0 Å². The van der Waals surface area contributed by atoms with Crippen molar-refractivity contribution in [1.29, 1.82) is 0 Å². The van der Waals surface area contributed by atoms with Crippen LogP contribution in [-0.4, -0.2) is 9.52 Å². The molecule has 1 aliphatic heterocycles. The molecule has 1 fully saturated rings. The second-order valence-electron chi connectivity index (χ2n) is 9.09. The summed E-state index contributed by atoms with van der Waals surface area (Å²) in [7, 11) is 0.605. The molecule has 5 rings (SSSR count). The van der Waals surface area contributed by atoms with E-state index in [9.17, 15) is 0 Å². The molecule has 2 aromatic carbocycles. The number of allylic oxidation sites excluding steroid dienone is 8. The van der Waals surface area contributed by atoms with E-state index in [1.807, 2.05) is 0 Å². The van der Waals surface area contributed by atoms with Gasteiger partial charge in [-0.1, -0.05) is 18.5 Å². The van der Waals surface area contributed by atoms with E-state index in [-0.39, 0.29) is 24.8 Å². The Morgan fingerprint density at radius 1 is 0.667 bits per heavy atom. The summed E-state index contributed by atoms with van der Waals surface area (Å²) in [6.45, 7) is 9.46. The molecule has 0 radical (unpaired) electrons. The molecule has 0 amide bonds. The molecule has 0 bridgehead atoms. The molecular formula is C29H34Cl2SiZr. The van der Waals surface area contributed by atoms with E-state index in [1.165, 1.54) is 22.3 Å². The molecular weight excluding hydrogens is 539 g/mol. The van der Waals surface area contributed by atoms with Gasteiger partial charge in [0.25, 0.3) is 0 Å². The van der Waals surface area contributed by atoms with Crippen LogP contribution >= 0.6 is 0 Å². The fourth-order valence-corrected chi connectivity index (χ4v) is 8.89. The van der Waals surface area contributed by atoms with Crippen molar-refractivity contribution < 1.29 is 48.0 Å². The van der Waals surface area contributed by atoms with E-state index in [0.717, 1.165) is 0 Å². The van der Waals surface area contributed by atoms with E-state index >= 15 is 0 Å². The third kappa shape index (κ3) is 6.61. The molecule has 0 N–H and O–H groups in total. The van der Waals surface area contributed by atoms with Crippen LogP contribution in [0.2, 0.25) is 12.1 Å². The Morgan fingerprint density at radius 3 is 1.30 bits per heavy atom. The quantitative estimate of drug-likeness (QED) is 0.488. The largest absolute Gasteiger partial charge is 1.00 e. The minimum atomic E-state index is -0.786. The summed E-state index contributed by atoms with van der Waals surface area (Å²) in [6.07, 6.45) is 6.54. The Bertz CT molecular complexity index is 962. The first kappa shape index (κ1) is 28.3. The first-order chi connectivity index (χ1) is 15.1. The summed E-state index contributed by atoms with van der Waals surface area (Å²) < 4.78 is 3.50. The van der Waals surface area contributed by atoms with Crippen LogP contribution in [0.3, 0.4) is 0 Å². The van der Waals surface area contributed by atoms with Gasteiger partial charge in [0.1, 0.15) is 0 Å². The van der Waals surface area contributed by atoms with Crippen LogP contribution in [-0.2, 0) is 23.2 Å². The normalized spacial score (nSPS) is 21.0. The second-order valence-corrected chi connectivity index (χ2v) is 14.5. The molecule has 2 aromatic rings. The summed E-state index contributed by atoms with van der Waals surface area (Å²) in [5.41, 5.74) is 8.73. The van der Waals surface area contributed by atoms with E-state index in [4.69, 9.17) is 0 Å². The minimum absolute atomic E-state index is 0. The topological polar surface area (TPSA) is 0 Å². The van der Waals surface area contributed by atoms with Gasteiger partial charge in [-0.3, -0.25) is 0 Å². The molecule has 33 heavy (non-hydrogen) atoms. The van der Waals surface area contributed by atoms with Gasteiger partial charge in [-0.05, 0) is 0 Å². The van der Waals surface area contributed by atoms with Crippen LogP contribution in [0.25, 0.3) is 11.1 Å². The number of halogens is 2. The van der Waals surface area contributed by atoms with Crippen molar-refractivity contribution in [3.05, 3.63) is 102 Å². The molecule has 1 saturated heterocycles. The van der Waals surface area contributed by atoms with Crippen molar-refractivity contribution in [3.63, 3.8) is 0 Å². The van der Waals surface area contributed by atoms with E-state index in [2.05, 4.69) is 101 Å². The molecule has 2 atom stereocenters. The molecule has 1 heterocycles. The van der Waals surface area contributed by atoms with Crippen LogP contribution in [0.1, 0.15) is 45.2 Å². The van der Waals surface area contributed by atoms with Crippen molar-refractivity contribution in [3.8, 4) is 0 Å². The van der Waals surface area contributed by atoms with Crippen molar-refractivity contribution in [1.82, 2.24) is 0 Å². The van der Waals surface area contributed by atoms with Crippen LogP contribution < -0.4 is 24.8 Å². The Labute approximate surface area is 226 Å². The van der Waals surface area contributed by atoms with Gasteiger partial charge in [-0.2, -0.15) is 0 Å². The Hall–Kier alpha value is -0.920. The zero-order valence-electron chi connectivity index (χ0n) is 20.2. The zero-order valence-corrected chi connectivity index (χ0v) is 25.6. The second kappa shape index (κ2) is 13.2. The number of benzene rings is 2. The zero-order chi connectivity index (χ0) is 21.8. The molecule has 172 valence electrons. The van der Waals surface area contributed by atoms with Gasteiger partial charge in [0.05, 0.1) is 0 Å². The summed E-state index contributed by atoms with van der Waals surface area (Å²) in [5.74, 6) is 1.17. The van der Waals surface area contributed by atoms with E-state index < -0.39 is 23.2 Å². The Morgan fingerprint density at radius 2 is 1.00 bits per heavy atom. The molecule has 0 saturated carbocycles. The number of hydrogen-bond donors (Lipinski definition) is 0. The van der Waals surface area contributed by atoms with Gasteiger partial charge < -0.3 is 24.8 Å². The van der Waals surface area contributed by atoms with Crippen molar-refractivity contribution in [2.24, 2.45) is 11.8 Å². The molecule has 0 aromatic heterocycles. The van der Waals surface area contributed by atoms with Gasteiger partial charge in [0.15, 0.2) is 0 Å². The van der Waals surface area contributed by atoms with Gasteiger partial charge in [0.2, 0.25) is 0 Å². The first-order valence-corrected chi connectivity index (χ1v) is 16.3. The fourth-order valence-electron chi connectivity index (χ4n) is 4.56. The molecule has 2 unspecified atom stereocenters. The van der Waals surface area contributed by atoms with Crippen molar-refractivity contribution in [2.75, 3.05) is 0 Å². The van der Waals surface area contributed by atoms with Gasteiger partial charge in [-0.25, -0.2) is 0 Å². The van der Waals surface area contributed by atoms with Crippen LogP contribution in [0.5, 0.6) is 0 Å². The Balaban J connectivity index is 0.000000582. The standard InChI is InChI=1S/2C13H13.C3H8Si.2ClH.Zr/c2*1-10-8-11(2)13(9-10)12-6-4-3-5-7-12;1-2-4-3-1;;;/h2*3-7,9-10H,1-2H3;1-4H2;2*1H;/q;;;;;+2/p-2.